The number of benzene rings is 12. The van der Waals surface area contributed by atoms with Gasteiger partial charge in [0.25, 0.3) is 0 Å². The van der Waals surface area contributed by atoms with Crippen molar-refractivity contribution < 1.29 is 8.83 Å². The van der Waals surface area contributed by atoms with Gasteiger partial charge in [-0.15, -0.1) is 0 Å². The second-order valence-corrected chi connectivity index (χ2v) is 21.1. The smallest absolute Gasteiger partial charge is 0.135 e. The van der Waals surface area contributed by atoms with E-state index in [1.54, 1.807) is 0 Å². The molecule has 0 unspecified atom stereocenters. The van der Waals surface area contributed by atoms with Crippen LogP contribution >= 0.6 is 0 Å². The van der Waals surface area contributed by atoms with Gasteiger partial charge >= 0.3 is 0 Å². The molecule has 0 bridgehead atoms. The first kappa shape index (κ1) is 48.2. The van der Waals surface area contributed by atoms with Crippen LogP contribution in [0.3, 0.4) is 0 Å². The van der Waals surface area contributed by atoms with Crippen molar-refractivity contribution in [3.05, 3.63) is 289 Å². The maximum absolute atomic E-state index is 6.32. The largest absolute Gasteiger partial charge is 0.456 e. The third-order valence-electron chi connectivity index (χ3n) is 15.9. The van der Waals surface area contributed by atoms with Gasteiger partial charge < -0.3 is 18.6 Å². The first-order valence-electron chi connectivity index (χ1n) is 27.5. The van der Waals surface area contributed by atoms with E-state index in [-0.39, 0.29) is 0 Å². The highest BCUT2D eigenvalue weighted by atomic mass is 16.3. The number of para-hydroxylation sites is 4. The Kier molecular flexibility index (Phi) is 12.1. The lowest BCUT2D eigenvalue weighted by Crippen LogP contribution is -2.14. The van der Waals surface area contributed by atoms with Crippen molar-refractivity contribution in [2.45, 2.75) is 27.7 Å². The minimum Gasteiger partial charge on any atom is -0.456 e. The van der Waals surface area contributed by atoms with Crippen molar-refractivity contribution in [3.8, 4) is 55.6 Å². The second-order valence-electron chi connectivity index (χ2n) is 21.1. The Labute approximate surface area is 466 Å². The summed E-state index contributed by atoms with van der Waals surface area (Å²) in [6.45, 7) is 8.96. The van der Waals surface area contributed by atoms with Gasteiger partial charge in [0, 0.05) is 55.4 Å². The van der Waals surface area contributed by atoms with E-state index in [0.717, 1.165) is 134 Å². The minimum absolute atomic E-state index is 0.883. The highest BCUT2D eigenvalue weighted by Crippen LogP contribution is 2.49. The molecule has 0 spiro atoms. The van der Waals surface area contributed by atoms with Crippen LogP contribution in [0.4, 0.5) is 34.1 Å². The molecule has 0 saturated heterocycles. The van der Waals surface area contributed by atoms with Crippen LogP contribution in [0.2, 0.25) is 0 Å². The summed E-state index contributed by atoms with van der Waals surface area (Å²) < 4.78 is 12.6. The molecule has 0 N–H and O–H groups in total. The zero-order valence-corrected chi connectivity index (χ0v) is 45.1. The average molecular weight is 1030 g/mol. The molecule has 14 aromatic rings. The molecule has 12 aromatic carbocycles. The molecule has 0 saturated carbocycles. The van der Waals surface area contributed by atoms with Crippen LogP contribution < -0.4 is 9.80 Å². The standard InChI is InChI=1S/C76H56N2O2/c1-49-19-15-31-63(59-37-41-73-67(47-59)65-29-11-13-33-71(65)79-73)75(49)77(61-27-17-25-55(45-61)53-21-7-5-8-22-53)69-39-35-57(43-51(69)3)58-36-40-70(52(4)44-58)78(62-28-18-26-56(46-62)54-23-9-6-10-24-54)76-50(2)20-16-32-64(76)60-38-42-74-68(48-60)66-30-12-14-34-72(66)80-74/h5-48H,1-4H3. The monoisotopic (exact) mass is 1030 g/mol. The fourth-order valence-electron chi connectivity index (χ4n) is 12.0. The van der Waals surface area contributed by atoms with Gasteiger partial charge in [0.1, 0.15) is 22.3 Å². The van der Waals surface area contributed by atoms with Crippen molar-refractivity contribution in [2.24, 2.45) is 0 Å². The molecule has 382 valence electrons. The first-order chi connectivity index (χ1) is 39.3. The Bertz CT molecular complexity index is 4360. The summed E-state index contributed by atoms with van der Waals surface area (Å²) in [7, 11) is 0. The Morgan fingerprint density at radius 3 is 1.04 bits per heavy atom. The van der Waals surface area contributed by atoms with Crippen molar-refractivity contribution in [2.75, 3.05) is 9.80 Å². The van der Waals surface area contributed by atoms with Crippen LogP contribution in [0.1, 0.15) is 22.3 Å². The van der Waals surface area contributed by atoms with E-state index in [4.69, 9.17) is 8.83 Å². The Morgan fingerprint density at radius 2 is 0.600 bits per heavy atom. The zero-order chi connectivity index (χ0) is 53.8. The Morgan fingerprint density at radius 1 is 0.237 bits per heavy atom. The average Bonchev–Trinajstić information content (AvgIpc) is 4.11. The van der Waals surface area contributed by atoms with Crippen molar-refractivity contribution in [3.63, 3.8) is 0 Å². The van der Waals surface area contributed by atoms with Crippen LogP contribution in [0.25, 0.3) is 99.5 Å². The third-order valence-corrected chi connectivity index (χ3v) is 15.9. The fourth-order valence-corrected chi connectivity index (χ4v) is 12.0. The molecule has 0 radical (unpaired) electrons. The van der Waals surface area contributed by atoms with E-state index in [1.807, 2.05) is 24.3 Å². The normalized spacial score (nSPS) is 11.5. The number of anilines is 6. The van der Waals surface area contributed by atoms with E-state index in [2.05, 4.69) is 280 Å². The van der Waals surface area contributed by atoms with Crippen molar-refractivity contribution in [1.82, 2.24) is 0 Å². The van der Waals surface area contributed by atoms with Crippen LogP contribution in [0.5, 0.6) is 0 Å². The number of rotatable bonds is 11. The number of hydrogen-bond donors (Lipinski definition) is 0. The lowest BCUT2D eigenvalue weighted by molar-refractivity contribution is 0.668. The summed E-state index contributed by atoms with van der Waals surface area (Å²) in [6, 6.07) is 96.3. The molecule has 2 heterocycles. The lowest BCUT2D eigenvalue weighted by Gasteiger charge is -2.32. The van der Waals surface area contributed by atoms with Gasteiger partial charge in [-0.2, -0.15) is 0 Å². The molecular weight excluding hydrogens is 973 g/mol. The topological polar surface area (TPSA) is 32.8 Å². The first-order valence-corrected chi connectivity index (χ1v) is 27.5. The predicted octanol–water partition coefficient (Wildman–Crippen LogP) is 22.0. The van der Waals surface area contributed by atoms with Gasteiger partial charge in [0.05, 0.1) is 11.4 Å². The molecular formula is C76H56N2O2. The van der Waals surface area contributed by atoms with Gasteiger partial charge in [-0.05, 0) is 179 Å². The molecule has 0 amide bonds. The van der Waals surface area contributed by atoms with Crippen LogP contribution in [-0.4, -0.2) is 0 Å². The molecule has 80 heavy (non-hydrogen) atoms. The second kappa shape index (κ2) is 20.0. The molecule has 4 heteroatoms. The third kappa shape index (κ3) is 8.59. The van der Waals surface area contributed by atoms with E-state index in [0.29, 0.717) is 0 Å². The molecule has 0 atom stereocenters. The van der Waals surface area contributed by atoms with E-state index < -0.39 is 0 Å². The summed E-state index contributed by atoms with van der Waals surface area (Å²) in [4.78, 5) is 4.94. The molecule has 14 rings (SSSR count). The van der Waals surface area contributed by atoms with Gasteiger partial charge in [-0.3, -0.25) is 0 Å². The number of aryl methyl sites for hydroxylation is 4. The molecule has 0 aliphatic heterocycles. The summed E-state index contributed by atoms with van der Waals surface area (Å²) in [5, 5.41) is 4.44. The van der Waals surface area contributed by atoms with Crippen molar-refractivity contribution in [1.29, 1.82) is 0 Å². The molecule has 0 aliphatic carbocycles. The highest BCUT2D eigenvalue weighted by Gasteiger charge is 2.25. The number of nitrogens with zero attached hydrogens (tertiary/aromatic N) is 2. The molecule has 0 aliphatic rings. The number of hydrogen-bond acceptors (Lipinski definition) is 4. The van der Waals surface area contributed by atoms with Gasteiger partial charge in [0.15, 0.2) is 0 Å². The molecule has 2 aromatic heterocycles. The highest BCUT2D eigenvalue weighted by molar-refractivity contribution is 6.08. The molecule has 0 fully saturated rings. The van der Waals surface area contributed by atoms with Gasteiger partial charge in [0.2, 0.25) is 0 Å². The number of fused-ring (bicyclic) bond motifs is 6. The Hall–Kier alpha value is -10.2. The quantitative estimate of drug-likeness (QED) is 0.129. The fraction of sp³-hybridized carbons (Fsp3) is 0.0526. The van der Waals surface area contributed by atoms with Gasteiger partial charge in [-0.1, -0.05) is 182 Å². The van der Waals surface area contributed by atoms with E-state index in [1.165, 1.54) is 22.3 Å². The molecule has 4 nitrogen and oxygen atoms in total. The van der Waals surface area contributed by atoms with Crippen LogP contribution in [-0.2, 0) is 0 Å². The SMILES string of the molecule is Cc1cc(-c2ccc(N(c3cccc(-c4ccccc4)c3)c3c(C)cccc3-c3ccc4oc5ccccc5c4c3)c(C)c2)ccc1N(c1cccc(-c2ccccc2)c1)c1c(C)cccc1-c1ccc2oc3ccccc3c2c1. The number of furan rings is 2. The van der Waals surface area contributed by atoms with E-state index >= 15 is 0 Å². The van der Waals surface area contributed by atoms with E-state index in [9.17, 15) is 0 Å². The van der Waals surface area contributed by atoms with Crippen molar-refractivity contribution >= 4 is 78.0 Å². The minimum atomic E-state index is 0.883. The predicted molar refractivity (Wildman–Crippen MR) is 336 cm³/mol. The van der Waals surface area contributed by atoms with Crippen LogP contribution in [0.15, 0.2) is 276 Å². The maximum Gasteiger partial charge on any atom is 0.135 e. The summed E-state index contributed by atoms with van der Waals surface area (Å²) in [5.74, 6) is 0. The summed E-state index contributed by atoms with van der Waals surface area (Å²) in [6.07, 6.45) is 0. The lowest BCUT2D eigenvalue weighted by atomic mass is 9.94. The van der Waals surface area contributed by atoms with Gasteiger partial charge in [-0.25, -0.2) is 0 Å². The van der Waals surface area contributed by atoms with Crippen LogP contribution in [0, 0.1) is 27.7 Å². The summed E-state index contributed by atoms with van der Waals surface area (Å²) in [5.41, 5.74) is 26.4. The Balaban J connectivity index is 0.896. The zero-order valence-electron chi connectivity index (χ0n) is 45.1. The maximum atomic E-state index is 6.32. The summed E-state index contributed by atoms with van der Waals surface area (Å²) >= 11 is 0.